The quantitative estimate of drug-likeness (QED) is 0.280. The normalized spacial score (nSPS) is 18.6. The predicted molar refractivity (Wildman–Crippen MR) is 101 cm³/mol. The van der Waals surface area contributed by atoms with Crippen LogP contribution < -0.4 is 10.6 Å². The Labute approximate surface area is 151 Å². The number of carbonyl (C=O) groups excluding carboxylic acids is 1. The molecule has 6 nitrogen and oxygen atoms in total. The lowest BCUT2D eigenvalue weighted by molar-refractivity contribution is -0.132. The molecule has 1 unspecified atom stereocenters. The summed E-state index contributed by atoms with van der Waals surface area (Å²) in [4.78, 5) is 18.2. The van der Waals surface area contributed by atoms with Crippen molar-refractivity contribution < 1.29 is 9.53 Å². The zero-order valence-electron chi connectivity index (χ0n) is 14.1. The number of nitrogens with zero attached hydrogens (tertiary/aromatic N) is 2. The number of piperidine rings is 1. The van der Waals surface area contributed by atoms with Crippen LogP contribution in [-0.4, -0.2) is 63.7 Å². The van der Waals surface area contributed by atoms with Crippen molar-refractivity contribution in [3.05, 3.63) is 0 Å². The van der Waals surface area contributed by atoms with E-state index in [9.17, 15) is 4.79 Å². The van der Waals surface area contributed by atoms with Crippen LogP contribution in [0.5, 0.6) is 0 Å². The molecule has 0 aliphatic carbocycles. The Morgan fingerprint density at radius 1 is 1.36 bits per heavy atom. The Morgan fingerprint density at radius 2 is 2.09 bits per heavy atom. The summed E-state index contributed by atoms with van der Waals surface area (Å²) in [6.07, 6.45) is 3.82. The summed E-state index contributed by atoms with van der Waals surface area (Å²) in [5, 5.41) is 6.38. The Balaban J connectivity index is 0.00000441. The van der Waals surface area contributed by atoms with Gasteiger partial charge in [0.15, 0.2) is 5.96 Å². The molecule has 130 valence electrons. The molecule has 22 heavy (non-hydrogen) atoms. The average Bonchev–Trinajstić information content (AvgIpc) is 2.49. The number of hydrogen-bond acceptors (Lipinski definition) is 3. The van der Waals surface area contributed by atoms with Crippen molar-refractivity contribution in [2.45, 2.75) is 32.6 Å². The van der Waals surface area contributed by atoms with Crippen LogP contribution in [-0.2, 0) is 9.53 Å². The van der Waals surface area contributed by atoms with Crippen LogP contribution in [0.4, 0.5) is 0 Å². The molecule has 7 heteroatoms. The monoisotopic (exact) mass is 426 g/mol. The van der Waals surface area contributed by atoms with Crippen LogP contribution >= 0.6 is 24.0 Å². The fraction of sp³-hybridized carbons (Fsp3) is 0.867. The zero-order valence-corrected chi connectivity index (χ0v) is 16.4. The second-order valence-electron chi connectivity index (χ2n) is 5.61. The minimum Gasteiger partial charge on any atom is -0.385 e. The highest BCUT2D eigenvalue weighted by molar-refractivity contribution is 14.0. The van der Waals surface area contributed by atoms with E-state index in [2.05, 4.69) is 22.5 Å². The van der Waals surface area contributed by atoms with Crippen LogP contribution in [0.3, 0.4) is 0 Å². The van der Waals surface area contributed by atoms with Crippen molar-refractivity contribution in [1.29, 1.82) is 0 Å². The van der Waals surface area contributed by atoms with E-state index >= 15 is 0 Å². The fourth-order valence-corrected chi connectivity index (χ4v) is 2.51. The van der Waals surface area contributed by atoms with E-state index in [4.69, 9.17) is 4.74 Å². The number of halogens is 1. The smallest absolute Gasteiger partial charge is 0.224 e. The molecule has 0 aromatic carbocycles. The highest BCUT2D eigenvalue weighted by Gasteiger charge is 2.20. The molecule has 1 fully saturated rings. The Morgan fingerprint density at radius 3 is 2.73 bits per heavy atom. The van der Waals surface area contributed by atoms with Crippen LogP contribution in [0.2, 0.25) is 0 Å². The van der Waals surface area contributed by atoms with Gasteiger partial charge in [-0.15, -0.1) is 24.0 Å². The van der Waals surface area contributed by atoms with E-state index in [1.807, 2.05) is 4.90 Å². The first-order valence-electron chi connectivity index (χ1n) is 7.88. The first kappa shape index (κ1) is 21.4. The molecule has 1 atom stereocenters. The molecule has 1 heterocycles. The van der Waals surface area contributed by atoms with Crippen molar-refractivity contribution in [2.75, 3.05) is 46.9 Å². The minimum atomic E-state index is 0. The number of rotatable bonds is 7. The Hall–Kier alpha value is -0.570. The van der Waals surface area contributed by atoms with Gasteiger partial charge in [-0.25, -0.2) is 0 Å². The summed E-state index contributed by atoms with van der Waals surface area (Å²) >= 11 is 0. The van der Waals surface area contributed by atoms with E-state index in [0.29, 0.717) is 18.9 Å². The summed E-state index contributed by atoms with van der Waals surface area (Å²) in [5.41, 5.74) is 0. The van der Waals surface area contributed by atoms with E-state index in [1.165, 1.54) is 6.42 Å². The second-order valence-corrected chi connectivity index (χ2v) is 5.61. The third kappa shape index (κ3) is 8.77. The number of nitrogens with one attached hydrogen (secondary N) is 2. The molecule has 2 N–H and O–H groups in total. The molecule has 1 saturated heterocycles. The van der Waals surface area contributed by atoms with Gasteiger partial charge in [-0.2, -0.15) is 0 Å². The number of methoxy groups -OCH3 is 1. The van der Waals surface area contributed by atoms with Gasteiger partial charge in [-0.1, -0.05) is 6.92 Å². The van der Waals surface area contributed by atoms with Crippen molar-refractivity contribution in [3.63, 3.8) is 0 Å². The molecule has 0 bridgehead atoms. The van der Waals surface area contributed by atoms with E-state index in [1.54, 1.807) is 14.2 Å². The maximum absolute atomic E-state index is 12.1. The largest absolute Gasteiger partial charge is 0.385 e. The predicted octanol–water partition coefficient (Wildman–Crippen LogP) is 1.45. The molecule has 0 saturated carbocycles. The topological polar surface area (TPSA) is 66.0 Å². The highest BCUT2D eigenvalue weighted by Crippen LogP contribution is 2.15. The first-order valence-corrected chi connectivity index (χ1v) is 7.88. The summed E-state index contributed by atoms with van der Waals surface area (Å²) in [6, 6.07) is 0. The van der Waals surface area contributed by atoms with Gasteiger partial charge in [0.1, 0.15) is 0 Å². The van der Waals surface area contributed by atoms with Gasteiger partial charge in [-0.05, 0) is 25.2 Å². The lowest BCUT2D eigenvalue weighted by atomic mass is 10.00. The third-order valence-corrected chi connectivity index (χ3v) is 3.68. The lowest BCUT2D eigenvalue weighted by Gasteiger charge is -2.31. The van der Waals surface area contributed by atoms with E-state index < -0.39 is 0 Å². The van der Waals surface area contributed by atoms with Gasteiger partial charge in [0, 0.05) is 53.4 Å². The van der Waals surface area contributed by atoms with Crippen molar-refractivity contribution >= 4 is 35.8 Å². The van der Waals surface area contributed by atoms with E-state index in [-0.39, 0.29) is 29.9 Å². The minimum absolute atomic E-state index is 0. The van der Waals surface area contributed by atoms with Gasteiger partial charge < -0.3 is 20.3 Å². The lowest BCUT2D eigenvalue weighted by Crippen LogP contribution is -2.42. The molecule has 0 aromatic rings. The summed E-state index contributed by atoms with van der Waals surface area (Å²) in [7, 11) is 3.43. The molecule has 0 spiro atoms. The number of ether oxygens (including phenoxy) is 1. The van der Waals surface area contributed by atoms with Gasteiger partial charge in [-0.3, -0.25) is 9.79 Å². The maximum atomic E-state index is 12.1. The molecule has 1 rings (SSSR count). The van der Waals surface area contributed by atoms with Crippen molar-refractivity contribution in [1.82, 2.24) is 15.5 Å². The number of aliphatic imine (C=N–C) groups is 1. The fourth-order valence-electron chi connectivity index (χ4n) is 2.51. The van der Waals surface area contributed by atoms with Gasteiger partial charge in [0.25, 0.3) is 0 Å². The molecule has 1 aliphatic heterocycles. The molecule has 1 aliphatic rings. The van der Waals surface area contributed by atoms with Gasteiger partial charge in [0.2, 0.25) is 5.91 Å². The Kier molecular flexibility index (Phi) is 12.6. The number of hydrogen-bond donors (Lipinski definition) is 2. The summed E-state index contributed by atoms with van der Waals surface area (Å²) in [5.74, 6) is 1.61. The van der Waals surface area contributed by atoms with Crippen LogP contribution in [0, 0.1) is 5.92 Å². The molecular weight excluding hydrogens is 395 g/mol. The zero-order chi connectivity index (χ0) is 15.5. The third-order valence-electron chi connectivity index (χ3n) is 3.68. The van der Waals surface area contributed by atoms with E-state index in [0.717, 1.165) is 45.0 Å². The van der Waals surface area contributed by atoms with Crippen LogP contribution in [0.25, 0.3) is 0 Å². The first-order chi connectivity index (χ1) is 10.2. The highest BCUT2D eigenvalue weighted by atomic mass is 127. The molecular formula is C15H31IN4O2. The summed E-state index contributed by atoms with van der Waals surface area (Å²) < 4.78 is 5.00. The number of likely N-dealkylation sites (tertiary alicyclic amines) is 1. The molecule has 0 aromatic heterocycles. The maximum Gasteiger partial charge on any atom is 0.224 e. The molecule has 0 radical (unpaired) electrons. The summed E-state index contributed by atoms with van der Waals surface area (Å²) in [6.45, 7) is 6.19. The number of guanidine groups is 1. The standard InChI is InChI=1S/C15H30N4O2.HI/c1-13-6-4-10-19(12-13)14(20)7-9-18-15(16-2)17-8-5-11-21-3;/h13H,4-12H2,1-3H3,(H2,16,17,18);1H. The van der Waals surface area contributed by atoms with Crippen LogP contribution in [0.15, 0.2) is 4.99 Å². The van der Waals surface area contributed by atoms with Crippen molar-refractivity contribution in [2.24, 2.45) is 10.9 Å². The molecule has 1 amide bonds. The van der Waals surface area contributed by atoms with Gasteiger partial charge in [0.05, 0.1) is 0 Å². The average molecular weight is 426 g/mol. The second kappa shape index (κ2) is 12.9. The number of carbonyl (C=O) groups is 1. The van der Waals surface area contributed by atoms with Gasteiger partial charge >= 0.3 is 0 Å². The van der Waals surface area contributed by atoms with Crippen LogP contribution in [0.1, 0.15) is 32.6 Å². The SMILES string of the molecule is CN=C(NCCCOC)NCCC(=O)N1CCCC(C)C1.I. The Bertz CT molecular complexity index is 340. The number of amides is 1. The van der Waals surface area contributed by atoms with Crippen molar-refractivity contribution in [3.8, 4) is 0 Å².